The number of rotatable bonds is 1. The second-order valence-corrected chi connectivity index (χ2v) is 2.73. The number of nitrogens with zero attached hydrogens (tertiary/aromatic N) is 1. The monoisotopic (exact) mass is 140 g/mol. The molecule has 0 aliphatic carbocycles. The summed E-state index contributed by atoms with van der Waals surface area (Å²) in [6, 6.07) is 0.223. The van der Waals surface area contributed by atoms with Crippen LogP contribution in [0.3, 0.4) is 0 Å². The first-order valence-electron chi connectivity index (χ1n) is 3.39. The Hall–Kier alpha value is -0.990. The Morgan fingerprint density at radius 3 is 2.40 bits per heavy atom. The van der Waals surface area contributed by atoms with Crippen LogP contribution in [0.5, 0.6) is 0 Å². The highest BCUT2D eigenvalue weighted by Crippen LogP contribution is 1.96. The lowest BCUT2D eigenvalue weighted by atomic mass is 10.4. The predicted octanol–water partition coefficient (Wildman–Crippen LogP) is 1.07. The van der Waals surface area contributed by atoms with Crippen LogP contribution in [0.25, 0.3) is 0 Å². The summed E-state index contributed by atoms with van der Waals surface area (Å²) in [6.45, 7) is 5.74. The molecular weight excluding hydrogens is 128 g/mol. The van der Waals surface area contributed by atoms with Crippen molar-refractivity contribution in [2.45, 2.75) is 26.8 Å². The van der Waals surface area contributed by atoms with Crippen LogP contribution in [0, 0.1) is 6.92 Å². The van der Waals surface area contributed by atoms with Gasteiger partial charge in [-0.15, -0.1) is 0 Å². The fraction of sp³-hybridized carbons (Fsp3) is 0.571. The van der Waals surface area contributed by atoms with Gasteiger partial charge in [-0.25, -0.2) is 0 Å². The molecule has 0 atom stereocenters. The van der Waals surface area contributed by atoms with E-state index in [0.29, 0.717) is 0 Å². The minimum absolute atomic E-state index is 0.0787. The lowest BCUT2D eigenvalue weighted by Gasteiger charge is -2.02. The second kappa shape index (κ2) is 2.33. The number of H-pyrrole nitrogens is 1. The molecule has 1 rings (SSSR count). The number of aromatic nitrogens is 2. The first-order chi connectivity index (χ1) is 4.63. The van der Waals surface area contributed by atoms with E-state index < -0.39 is 0 Å². The molecule has 1 N–H and O–H groups in total. The van der Waals surface area contributed by atoms with Gasteiger partial charge in [-0.05, 0) is 20.8 Å². The molecule has 0 aliphatic rings. The van der Waals surface area contributed by atoms with Crippen molar-refractivity contribution in [2.24, 2.45) is 0 Å². The number of hydrogen-bond acceptors (Lipinski definition) is 1. The third kappa shape index (κ3) is 0.988. The van der Waals surface area contributed by atoms with Gasteiger partial charge in [-0.2, -0.15) is 0 Å². The SMILES string of the molecule is Cc1c[nH]n(C(C)C)c1=O. The smallest absolute Gasteiger partial charge is 0.269 e. The molecule has 0 saturated carbocycles. The van der Waals surface area contributed by atoms with Crippen LogP contribution in [-0.2, 0) is 0 Å². The lowest BCUT2D eigenvalue weighted by molar-refractivity contribution is 0.516. The molecule has 1 heterocycles. The molecule has 0 amide bonds. The van der Waals surface area contributed by atoms with Crippen molar-refractivity contribution in [1.82, 2.24) is 9.78 Å². The van der Waals surface area contributed by atoms with Crippen LogP contribution in [0.2, 0.25) is 0 Å². The maximum Gasteiger partial charge on any atom is 0.269 e. The normalized spacial score (nSPS) is 10.8. The maximum absolute atomic E-state index is 11.1. The molecule has 3 nitrogen and oxygen atoms in total. The minimum atomic E-state index is 0.0787. The quantitative estimate of drug-likeness (QED) is 0.622. The van der Waals surface area contributed by atoms with Gasteiger partial charge in [0.1, 0.15) is 0 Å². The van der Waals surface area contributed by atoms with Crippen LogP contribution in [0.1, 0.15) is 25.5 Å². The van der Waals surface area contributed by atoms with E-state index in [9.17, 15) is 4.79 Å². The topological polar surface area (TPSA) is 37.8 Å². The van der Waals surface area contributed by atoms with Crippen LogP contribution in [0.4, 0.5) is 0 Å². The first-order valence-corrected chi connectivity index (χ1v) is 3.39. The molecule has 1 aromatic rings. The Morgan fingerprint density at radius 1 is 1.60 bits per heavy atom. The van der Waals surface area contributed by atoms with Crippen molar-refractivity contribution in [3.63, 3.8) is 0 Å². The summed E-state index contributed by atoms with van der Waals surface area (Å²) in [4.78, 5) is 11.1. The molecule has 0 aromatic carbocycles. The van der Waals surface area contributed by atoms with Gasteiger partial charge in [0.2, 0.25) is 0 Å². The standard InChI is InChI=1S/C7H12N2O/c1-5(2)9-7(10)6(3)4-8-9/h4-5,8H,1-3H3. The number of aryl methyl sites for hydroxylation is 1. The molecule has 0 radical (unpaired) electrons. The third-order valence-electron chi connectivity index (χ3n) is 1.49. The molecule has 1 aromatic heterocycles. The van der Waals surface area contributed by atoms with E-state index in [1.165, 1.54) is 0 Å². The van der Waals surface area contributed by atoms with E-state index >= 15 is 0 Å². The van der Waals surface area contributed by atoms with Crippen LogP contribution in [-0.4, -0.2) is 9.78 Å². The summed E-state index contributed by atoms with van der Waals surface area (Å²) in [5.74, 6) is 0. The van der Waals surface area contributed by atoms with E-state index in [2.05, 4.69) is 5.10 Å². The molecule has 0 saturated heterocycles. The minimum Gasteiger partial charge on any atom is -0.302 e. The highest BCUT2D eigenvalue weighted by atomic mass is 16.1. The zero-order chi connectivity index (χ0) is 7.72. The molecule has 3 heteroatoms. The average molecular weight is 140 g/mol. The zero-order valence-electron chi connectivity index (χ0n) is 6.51. The fourth-order valence-electron chi connectivity index (χ4n) is 0.860. The summed E-state index contributed by atoms with van der Waals surface area (Å²) in [5, 5.41) is 2.88. The van der Waals surface area contributed by atoms with Crippen molar-refractivity contribution >= 4 is 0 Å². The largest absolute Gasteiger partial charge is 0.302 e. The van der Waals surface area contributed by atoms with Gasteiger partial charge in [-0.1, -0.05) is 0 Å². The van der Waals surface area contributed by atoms with E-state index in [4.69, 9.17) is 0 Å². The van der Waals surface area contributed by atoms with Crippen molar-refractivity contribution in [2.75, 3.05) is 0 Å². The van der Waals surface area contributed by atoms with Gasteiger partial charge in [0.25, 0.3) is 5.56 Å². The second-order valence-electron chi connectivity index (χ2n) is 2.73. The van der Waals surface area contributed by atoms with Gasteiger partial charge in [0.15, 0.2) is 0 Å². The zero-order valence-corrected chi connectivity index (χ0v) is 6.51. The van der Waals surface area contributed by atoms with Gasteiger partial charge in [0, 0.05) is 17.8 Å². The Kier molecular flexibility index (Phi) is 1.66. The lowest BCUT2D eigenvalue weighted by Crippen LogP contribution is -2.19. The maximum atomic E-state index is 11.1. The van der Waals surface area contributed by atoms with E-state index in [0.717, 1.165) is 5.56 Å². The average Bonchev–Trinajstić information content (AvgIpc) is 2.14. The molecular formula is C7H12N2O. The fourth-order valence-corrected chi connectivity index (χ4v) is 0.860. The van der Waals surface area contributed by atoms with Gasteiger partial charge < -0.3 is 5.10 Å². The van der Waals surface area contributed by atoms with Crippen LogP contribution < -0.4 is 5.56 Å². The molecule has 0 unspecified atom stereocenters. The van der Waals surface area contributed by atoms with E-state index in [1.807, 2.05) is 13.8 Å². The Labute approximate surface area is 59.7 Å². The van der Waals surface area contributed by atoms with Crippen LogP contribution in [0.15, 0.2) is 11.0 Å². The summed E-state index contributed by atoms with van der Waals surface area (Å²) < 4.78 is 1.61. The Bertz CT molecular complexity index is 269. The van der Waals surface area contributed by atoms with Crippen LogP contribution >= 0.6 is 0 Å². The summed E-state index contributed by atoms with van der Waals surface area (Å²) in [5.41, 5.74) is 0.851. The van der Waals surface area contributed by atoms with Crippen molar-refractivity contribution < 1.29 is 0 Å². The highest BCUT2D eigenvalue weighted by Gasteiger charge is 2.02. The van der Waals surface area contributed by atoms with E-state index in [-0.39, 0.29) is 11.6 Å². The van der Waals surface area contributed by atoms with E-state index in [1.54, 1.807) is 17.8 Å². The summed E-state index contributed by atoms with van der Waals surface area (Å²) in [6.07, 6.45) is 1.72. The predicted molar refractivity (Wildman–Crippen MR) is 40.2 cm³/mol. The highest BCUT2D eigenvalue weighted by molar-refractivity contribution is 5.00. The van der Waals surface area contributed by atoms with Gasteiger partial charge in [0.05, 0.1) is 0 Å². The van der Waals surface area contributed by atoms with Gasteiger partial charge in [-0.3, -0.25) is 9.48 Å². The summed E-state index contributed by atoms with van der Waals surface area (Å²) >= 11 is 0. The molecule has 0 aliphatic heterocycles. The molecule has 0 bridgehead atoms. The molecule has 0 spiro atoms. The van der Waals surface area contributed by atoms with Crippen molar-refractivity contribution in [1.29, 1.82) is 0 Å². The number of nitrogens with one attached hydrogen (secondary N) is 1. The molecule has 0 fully saturated rings. The first kappa shape index (κ1) is 7.12. The Morgan fingerprint density at radius 2 is 2.20 bits per heavy atom. The van der Waals surface area contributed by atoms with Crippen molar-refractivity contribution in [3.05, 3.63) is 22.1 Å². The summed E-state index contributed by atoms with van der Waals surface area (Å²) in [7, 11) is 0. The Balaban J connectivity index is 3.18. The number of hydrogen-bond donors (Lipinski definition) is 1. The number of aromatic amines is 1. The molecule has 10 heavy (non-hydrogen) atoms. The molecule has 56 valence electrons. The third-order valence-corrected chi connectivity index (χ3v) is 1.49. The van der Waals surface area contributed by atoms with Crippen molar-refractivity contribution in [3.8, 4) is 0 Å². The van der Waals surface area contributed by atoms with Gasteiger partial charge >= 0.3 is 0 Å².